The first-order valence-corrected chi connectivity index (χ1v) is 5.66. The van der Waals surface area contributed by atoms with Gasteiger partial charge in [0.25, 0.3) is 0 Å². The molecule has 2 rings (SSSR count). The second-order valence-electron chi connectivity index (χ2n) is 4.12. The van der Waals surface area contributed by atoms with E-state index in [0.717, 1.165) is 17.3 Å². The van der Waals surface area contributed by atoms with Crippen molar-refractivity contribution in [2.24, 2.45) is 0 Å². The average molecular weight is 248 g/mol. The van der Waals surface area contributed by atoms with Crippen LogP contribution in [0.1, 0.15) is 22.9 Å². The molecule has 0 aliphatic heterocycles. The first-order valence-electron chi connectivity index (χ1n) is 5.66. The summed E-state index contributed by atoms with van der Waals surface area (Å²) in [7, 11) is 1.76. The molecule has 0 aliphatic rings. The summed E-state index contributed by atoms with van der Waals surface area (Å²) < 4.78 is 26.2. The van der Waals surface area contributed by atoms with Gasteiger partial charge < -0.3 is 5.32 Å². The van der Waals surface area contributed by atoms with Gasteiger partial charge in [-0.3, -0.25) is 4.98 Å². The topological polar surface area (TPSA) is 24.9 Å². The molecule has 0 aliphatic carbocycles. The third-order valence-corrected chi connectivity index (χ3v) is 2.89. The predicted octanol–water partition coefficient (Wildman–Crippen LogP) is 2.98. The number of halogens is 2. The number of rotatable bonds is 3. The lowest BCUT2D eigenvalue weighted by Crippen LogP contribution is -2.20. The summed E-state index contributed by atoms with van der Waals surface area (Å²) in [5.74, 6) is -0.678. The van der Waals surface area contributed by atoms with Gasteiger partial charge >= 0.3 is 0 Å². The lowest BCUT2D eigenvalue weighted by atomic mass is 9.98. The highest BCUT2D eigenvalue weighted by Gasteiger charge is 2.16. The molecule has 1 aromatic heterocycles. The van der Waals surface area contributed by atoms with Crippen LogP contribution in [0, 0.1) is 18.6 Å². The maximum atomic E-state index is 13.3. The van der Waals surface area contributed by atoms with Crippen molar-refractivity contribution in [1.29, 1.82) is 0 Å². The molecular formula is C14H14F2N2. The number of hydrogen-bond donors (Lipinski definition) is 1. The van der Waals surface area contributed by atoms with Crippen molar-refractivity contribution >= 4 is 0 Å². The molecule has 0 saturated heterocycles. The summed E-state index contributed by atoms with van der Waals surface area (Å²) in [5, 5.41) is 3.07. The number of aryl methyl sites for hydroxylation is 1. The fraction of sp³-hybridized carbons (Fsp3) is 0.214. The van der Waals surface area contributed by atoms with Crippen molar-refractivity contribution < 1.29 is 8.78 Å². The molecule has 1 heterocycles. The van der Waals surface area contributed by atoms with Crippen LogP contribution in [0.3, 0.4) is 0 Å². The first-order chi connectivity index (χ1) is 8.61. The highest BCUT2D eigenvalue weighted by atomic mass is 19.1. The second kappa shape index (κ2) is 5.23. The van der Waals surface area contributed by atoms with E-state index in [1.807, 2.05) is 6.92 Å². The van der Waals surface area contributed by atoms with Crippen LogP contribution in [0.2, 0.25) is 0 Å². The highest BCUT2D eigenvalue weighted by Crippen LogP contribution is 2.24. The molecule has 18 heavy (non-hydrogen) atoms. The quantitative estimate of drug-likeness (QED) is 0.903. The fourth-order valence-electron chi connectivity index (χ4n) is 1.94. The number of benzene rings is 1. The van der Waals surface area contributed by atoms with Crippen LogP contribution in [0.15, 0.2) is 36.5 Å². The molecule has 0 fully saturated rings. The number of pyridine rings is 1. The third kappa shape index (κ3) is 2.54. The Bertz CT molecular complexity index is 538. The van der Waals surface area contributed by atoms with Crippen LogP contribution in [0.25, 0.3) is 0 Å². The number of nitrogens with one attached hydrogen (secondary N) is 1. The van der Waals surface area contributed by atoms with Crippen LogP contribution in [-0.2, 0) is 0 Å². The zero-order valence-electron chi connectivity index (χ0n) is 10.2. The van der Waals surface area contributed by atoms with Gasteiger partial charge in [-0.25, -0.2) is 8.78 Å². The molecule has 94 valence electrons. The minimum absolute atomic E-state index is 0.249. The van der Waals surface area contributed by atoms with E-state index in [1.54, 1.807) is 19.2 Å². The smallest absolute Gasteiger partial charge is 0.141 e. The molecule has 2 aromatic rings. The van der Waals surface area contributed by atoms with Gasteiger partial charge in [0.2, 0.25) is 0 Å². The van der Waals surface area contributed by atoms with E-state index in [4.69, 9.17) is 0 Å². The number of hydrogen-bond acceptors (Lipinski definition) is 2. The van der Waals surface area contributed by atoms with E-state index in [2.05, 4.69) is 10.3 Å². The van der Waals surface area contributed by atoms with Crippen molar-refractivity contribution in [1.82, 2.24) is 10.3 Å². The summed E-state index contributed by atoms with van der Waals surface area (Å²) in [6.45, 7) is 1.91. The molecule has 4 heteroatoms. The molecule has 0 bridgehead atoms. The number of nitrogens with zero attached hydrogens (tertiary/aromatic N) is 1. The van der Waals surface area contributed by atoms with Crippen molar-refractivity contribution in [2.75, 3.05) is 7.05 Å². The van der Waals surface area contributed by atoms with Crippen LogP contribution >= 0.6 is 0 Å². The standard InChI is InChI=1S/C14H14F2N2/c1-9-3-4-10(15)7-12(9)14(17-2)13-6-5-11(16)8-18-13/h3-8,14,17H,1-2H3. The largest absolute Gasteiger partial charge is 0.308 e. The predicted molar refractivity (Wildman–Crippen MR) is 66.2 cm³/mol. The van der Waals surface area contributed by atoms with E-state index in [9.17, 15) is 8.78 Å². The Morgan fingerprint density at radius 3 is 2.44 bits per heavy atom. The molecule has 0 saturated carbocycles. The normalized spacial score (nSPS) is 12.4. The Morgan fingerprint density at radius 2 is 1.83 bits per heavy atom. The van der Waals surface area contributed by atoms with Gasteiger partial charge in [-0.1, -0.05) is 6.07 Å². The van der Waals surface area contributed by atoms with Crippen LogP contribution in [-0.4, -0.2) is 12.0 Å². The first kappa shape index (κ1) is 12.6. The Hall–Kier alpha value is -1.81. The van der Waals surface area contributed by atoms with Crippen LogP contribution in [0.4, 0.5) is 8.78 Å². The Balaban J connectivity index is 2.44. The summed E-state index contributed by atoms with van der Waals surface area (Å²) in [6.07, 6.45) is 1.16. The van der Waals surface area contributed by atoms with E-state index in [-0.39, 0.29) is 17.7 Å². The van der Waals surface area contributed by atoms with Crippen LogP contribution in [0.5, 0.6) is 0 Å². The minimum atomic E-state index is -0.385. The van der Waals surface area contributed by atoms with Gasteiger partial charge in [-0.15, -0.1) is 0 Å². The zero-order chi connectivity index (χ0) is 13.1. The van der Waals surface area contributed by atoms with Gasteiger partial charge in [-0.05, 0) is 49.4 Å². The van der Waals surface area contributed by atoms with Gasteiger partial charge in [0.1, 0.15) is 11.6 Å². The molecule has 1 unspecified atom stereocenters. The molecule has 1 atom stereocenters. The Kier molecular flexibility index (Phi) is 3.67. The minimum Gasteiger partial charge on any atom is -0.308 e. The van der Waals surface area contributed by atoms with Crippen LogP contribution < -0.4 is 5.32 Å². The molecule has 0 amide bonds. The highest BCUT2D eigenvalue weighted by molar-refractivity contribution is 5.34. The molecule has 0 spiro atoms. The molecule has 1 N–H and O–H groups in total. The Morgan fingerprint density at radius 1 is 1.11 bits per heavy atom. The van der Waals surface area contributed by atoms with Gasteiger partial charge in [-0.2, -0.15) is 0 Å². The van der Waals surface area contributed by atoms with Gasteiger partial charge in [0.15, 0.2) is 0 Å². The van der Waals surface area contributed by atoms with E-state index in [0.29, 0.717) is 5.69 Å². The summed E-state index contributed by atoms with van der Waals surface area (Å²) >= 11 is 0. The summed E-state index contributed by atoms with van der Waals surface area (Å²) in [6, 6.07) is 7.31. The van der Waals surface area contributed by atoms with E-state index in [1.165, 1.54) is 18.2 Å². The van der Waals surface area contributed by atoms with Crippen molar-refractivity contribution in [2.45, 2.75) is 13.0 Å². The zero-order valence-corrected chi connectivity index (χ0v) is 10.2. The summed E-state index contributed by atoms with van der Waals surface area (Å²) in [4.78, 5) is 4.04. The SMILES string of the molecule is CNC(c1ccc(F)cn1)c1cc(F)ccc1C. The molecule has 0 radical (unpaired) electrons. The van der Waals surface area contributed by atoms with Gasteiger partial charge in [0, 0.05) is 0 Å². The molecule has 2 nitrogen and oxygen atoms in total. The Labute approximate surface area is 105 Å². The molecular weight excluding hydrogens is 234 g/mol. The average Bonchev–Trinajstić information content (AvgIpc) is 2.37. The maximum absolute atomic E-state index is 13.3. The molecule has 1 aromatic carbocycles. The van der Waals surface area contributed by atoms with Crippen molar-refractivity contribution in [3.63, 3.8) is 0 Å². The van der Waals surface area contributed by atoms with Gasteiger partial charge in [0.05, 0.1) is 17.9 Å². The number of aromatic nitrogens is 1. The lowest BCUT2D eigenvalue weighted by molar-refractivity contribution is 0.601. The van der Waals surface area contributed by atoms with E-state index >= 15 is 0 Å². The van der Waals surface area contributed by atoms with Crippen molar-refractivity contribution in [3.8, 4) is 0 Å². The monoisotopic (exact) mass is 248 g/mol. The second-order valence-corrected chi connectivity index (χ2v) is 4.12. The lowest BCUT2D eigenvalue weighted by Gasteiger charge is -2.18. The third-order valence-electron chi connectivity index (χ3n) is 2.89. The maximum Gasteiger partial charge on any atom is 0.141 e. The summed E-state index contributed by atoms with van der Waals surface area (Å²) in [5.41, 5.74) is 2.42. The van der Waals surface area contributed by atoms with E-state index < -0.39 is 0 Å². The van der Waals surface area contributed by atoms with Crippen molar-refractivity contribution in [3.05, 3.63) is 65.0 Å². The fourth-order valence-corrected chi connectivity index (χ4v) is 1.94.